The van der Waals surface area contributed by atoms with Crippen LogP contribution >= 0.6 is 11.3 Å². The zero-order valence-electron chi connectivity index (χ0n) is 18.2. The maximum absolute atomic E-state index is 13.3. The molecule has 3 aromatic heterocycles. The highest BCUT2D eigenvalue weighted by molar-refractivity contribution is 7.10. The van der Waals surface area contributed by atoms with Crippen molar-refractivity contribution in [2.24, 2.45) is 0 Å². The fraction of sp³-hybridized carbons (Fsp3) is 0.250. The molecule has 0 saturated heterocycles. The van der Waals surface area contributed by atoms with Crippen molar-refractivity contribution >= 4 is 34.0 Å². The number of aromatic amines is 1. The van der Waals surface area contributed by atoms with E-state index in [2.05, 4.69) is 26.3 Å². The van der Waals surface area contributed by atoms with E-state index in [-0.39, 0.29) is 11.4 Å². The second-order valence-corrected chi connectivity index (χ2v) is 9.10. The van der Waals surface area contributed by atoms with E-state index >= 15 is 0 Å². The first-order valence-corrected chi connectivity index (χ1v) is 11.5. The van der Waals surface area contributed by atoms with Crippen LogP contribution in [0.15, 0.2) is 48.1 Å². The first-order chi connectivity index (χ1) is 16.3. The van der Waals surface area contributed by atoms with Gasteiger partial charge in [0.05, 0.1) is 18.2 Å². The molecule has 6 nitrogen and oxygen atoms in total. The van der Waals surface area contributed by atoms with Crippen LogP contribution in [0.4, 0.5) is 18.9 Å². The monoisotopic (exact) mass is 486 g/mol. The summed E-state index contributed by atoms with van der Waals surface area (Å²) in [5.41, 5.74) is 2.59. The molecule has 2 N–H and O–H groups in total. The van der Waals surface area contributed by atoms with Gasteiger partial charge >= 0.3 is 6.18 Å². The number of fused-ring (bicyclic) bond motifs is 2. The van der Waals surface area contributed by atoms with E-state index in [4.69, 9.17) is 4.74 Å². The fourth-order valence-corrected chi connectivity index (χ4v) is 5.36. The van der Waals surface area contributed by atoms with Crippen molar-refractivity contribution in [3.05, 3.63) is 75.2 Å². The molecule has 0 fully saturated rings. The van der Waals surface area contributed by atoms with Crippen LogP contribution in [-0.4, -0.2) is 34.4 Å². The normalized spacial score (nSPS) is 14.2. The lowest BCUT2D eigenvalue weighted by Crippen LogP contribution is -2.30. The highest BCUT2D eigenvalue weighted by atomic mass is 32.1. The quantitative estimate of drug-likeness (QED) is 0.393. The number of H-pyrrole nitrogens is 1. The minimum Gasteiger partial charge on any atom is -0.496 e. The number of amides is 1. The van der Waals surface area contributed by atoms with Crippen LogP contribution in [0.5, 0.6) is 5.75 Å². The molecule has 1 aliphatic rings. The number of rotatable bonds is 5. The standard InChI is InChI=1S/C24H21F3N4O2S/c1-33-20-3-2-16(9-19(20)24(25,26)27)30-23(32)18-13-34-21-12-31(7-5-17(18)21)11-14-8-15-4-6-28-22(15)29-10-14/h2-4,6,8-10,13H,5,7,11-12H2,1H3,(H,28,29)(H,30,32). The summed E-state index contributed by atoms with van der Waals surface area (Å²) in [5.74, 6) is -0.698. The van der Waals surface area contributed by atoms with Crippen molar-refractivity contribution in [1.29, 1.82) is 0 Å². The molecule has 0 spiro atoms. The van der Waals surface area contributed by atoms with Crippen LogP contribution in [0.1, 0.15) is 31.9 Å². The summed E-state index contributed by atoms with van der Waals surface area (Å²) in [4.78, 5) is 23.8. The third-order valence-corrected chi connectivity index (χ3v) is 6.91. The maximum atomic E-state index is 13.3. The largest absolute Gasteiger partial charge is 0.496 e. The topological polar surface area (TPSA) is 70.2 Å². The van der Waals surface area contributed by atoms with Crippen LogP contribution in [0.25, 0.3) is 11.0 Å². The van der Waals surface area contributed by atoms with Crippen molar-refractivity contribution in [2.45, 2.75) is 25.7 Å². The number of alkyl halides is 3. The number of nitrogens with zero attached hydrogens (tertiary/aromatic N) is 2. The molecule has 1 amide bonds. The van der Waals surface area contributed by atoms with Crippen molar-refractivity contribution in [2.75, 3.05) is 19.0 Å². The van der Waals surface area contributed by atoms with Gasteiger partial charge in [0.25, 0.3) is 5.91 Å². The lowest BCUT2D eigenvalue weighted by Gasteiger charge is -2.27. The summed E-state index contributed by atoms with van der Waals surface area (Å²) in [7, 11) is 1.18. The van der Waals surface area contributed by atoms with E-state index in [9.17, 15) is 18.0 Å². The van der Waals surface area contributed by atoms with Crippen molar-refractivity contribution in [3.63, 3.8) is 0 Å². The Morgan fingerprint density at radius 3 is 2.94 bits per heavy atom. The number of thiophene rings is 1. The van der Waals surface area contributed by atoms with Gasteiger partial charge in [-0.2, -0.15) is 13.2 Å². The number of benzene rings is 1. The highest BCUT2D eigenvalue weighted by Crippen LogP contribution is 2.38. The summed E-state index contributed by atoms with van der Waals surface area (Å²) in [6, 6.07) is 7.62. The molecule has 34 heavy (non-hydrogen) atoms. The molecule has 10 heteroatoms. The second-order valence-electron chi connectivity index (χ2n) is 8.14. The summed E-state index contributed by atoms with van der Waals surface area (Å²) >= 11 is 1.50. The van der Waals surface area contributed by atoms with Gasteiger partial charge in [0.1, 0.15) is 11.4 Å². The van der Waals surface area contributed by atoms with Crippen molar-refractivity contribution < 1.29 is 22.7 Å². The molecule has 0 atom stereocenters. The van der Waals surface area contributed by atoms with Crippen LogP contribution in [0.3, 0.4) is 0 Å². The lowest BCUT2D eigenvalue weighted by atomic mass is 10.0. The number of ether oxygens (including phenoxy) is 1. The molecule has 1 aromatic carbocycles. The van der Waals surface area contributed by atoms with Gasteiger partial charge in [-0.3, -0.25) is 9.69 Å². The molecule has 0 saturated carbocycles. The second kappa shape index (κ2) is 8.77. The number of nitrogens with one attached hydrogen (secondary N) is 2. The van der Waals surface area contributed by atoms with E-state index in [1.165, 1.54) is 30.6 Å². The van der Waals surface area contributed by atoms with Gasteiger partial charge < -0.3 is 15.0 Å². The number of halogens is 3. The molecule has 4 heterocycles. The predicted molar refractivity (Wildman–Crippen MR) is 124 cm³/mol. The minimum absolute atomic E-state index is 0.0724. The Balaban J connectivity index is 1.29. The number of hydrogen-bond donors (Lipinski definition) is 2. The summed E-state index contributed by atoms with van der Waals surface area (Å²) in [6.07, 6.45) is -0.162. The van der Waals surface area contributed by atoms with Crippen molar-refractivity contribution in [3.8, 4) is 5.75 Å². The molecule has 4 aromatic rings. The number of pyridine rings is 1. The van der Waals surface area contributed by atoms with Crippen molar-refractivity contribution in [1.82, 2.24) is 14.9 Å². The molecular weight excluding hydrogens is 465 g/mol. The number of hydrogen-bond acceptors (Lipinski definition) is 5. The summed E-state index contributed by atoms with van der Waals surface area (Å²) in [5, 5.41) is 5.46. The van der Waals surface area contributed by atoms with E-state index in [1.807, 2.05) is 18.5 Å². The zero-order chi connectivity index (χ0) is 23.9. The Labute approximate surface area is 197 Å². The molecule has 176 valence electrons. The first-order valence-electron chi connectivity index (χ1n) is 10.6. The molecule has 5 rings (SSSR count). The maximum Gasteiger partial charge on any atom is 0.420 e. The van der Waals surface area contributed by atoms with E-state index in [0.717, 1.165) is 46.2 Å². The van der Waals surface area contributed by atoms with Gasteiger partial charge in [-0.05, 0) is 47.9 Å². The third-order valence-electron chi connectivity index (χ3n) is 5.90. The Morgan fingerprint density at radius 1 is 1.29 bits per heavy atom. The first kappa shape index (κ1) is 22.4. The van der Waals surface area contributed by atoms with E-state index in [0.29, 0.717) is 18.5 Å². The van der Waals surface area contributed by atoms with Gasteiger partial charge in [-0.15, -0.1) is 11.3 Å². The molecule has 0 radical (unpaired) electrons. The SMILES string of the molecule is COc1ccc(NC(=O)c2csc3c2CCN(Cc2cnc4[nH]ccc4c2)C3)cc1C(F)(F)F. The Morgan fingerprint density at radius 2 is 2.15 bits per heavy atom. The molecule has 0 unspecified atom stereocenters. The Hall–Kier alpha value is -3.37. The highest BCUT2D eigenvalue weighted by Gasteiger charge is 2.35. The smallest absolute Gasteiger partial charge is 0.420 e. The molecule has 0 aliphatic carbocycles. The molecule has 1 aliphatic heterocycles. The Kier molecular flexibility index (Phi) is 5.78. The van der Waals surface area contributed by atoms with Gasteiger partial charge in [0, 0.05) is 53.4 Å². The van der Waals surface area contributed by atoms with Crippen LogP contribution < -0.4 is 10.1 Å². The third kappa shape index (κ3) is 4.38. The molecule has 0 bridgehead atoms. The lowest BCUT2D eigenvalue weighted by molar-refractivity contribution is -0.138. The number of carbonyl (C=O) groups excluding carboxylic acids is 1. The number of carbonyl (C=O) groups is 1. The van der Waals surface area contributed by atoms with Gasteiger partial charge in [-0.25, -0.2) is 4.98 Å². The van der Waals surface area contributed by atoms with Crippen LogP contribution in [0, 0.1) is 0 Å². The summed E-state index contributed by atoms with van der Waals surface area (Å²) in [6.45, 7) is 2.23. The number of aromatic nitrogens is 2. The van der Waals surface area contributed by atoms with E-state index in [1.54, 1.807) is 5.38 Å². The Bertz CT molecular complexity index is 1360. The zero-order valence-corrected chi connectivity index (χ0v) is 19.0. The number of anilines is 1. The average molecular weight is 487 g/mol. The molecular formula is C24H21F3N4O2S. The van der Waals surface area contributed by atoms with Crippen LogP contribution in [0.2, 0.25) is 0 Å². The van der Waals surface area contributed by atoms with Crippen LogP contribution in [-0.2, 0) is 25.7 Å². The van der Waals surface area contributed by atoms with E-state index < -0.39 is 17.6 Å². The number of methoxy groups -OCH3 is 1. The van der Waals surface area contributed by atoms with Gasteiger partial charge in [-0.1, -0.05) is 0 Å². The van der Waals surface area contributed by atoms with Gasteiger partial charge in [0.2, 0.25) is 0 Å². The summed E-state index contributed by atoms with van der Waals surface area (Å²) < 4.78 is 44.7. The average Bonchev–Trinajstić information content (AvgIpc) is 3.44. The van der Waals surface area contributed by atoms with Gasteiger partial charge in [0.15, 0.2) is 0 Å². The fourth-order valence-electron chi connectivity index (χ4n) is 4.24. The minimum atomic E-state index is -4.59. The predicted octanol–water partition coefficient (Wildman–Crippen LogP) is 5.46.